The zero-order valence-corrected chi connectivity index (χ0v) is 13.0. The molecule has 3 rings (SSSR count). The molecular weight excluding hydrogens is 316 g/mol. The van der Waals surface area contributed by atoms with Gasteiger partial charge in [0.2, 0.25) is 0 Å². The van der Waals surface area contributed by atoms with E-state index in [1.807, 2.05) is 18.2 Å². The normalized spacial score (nSPS) is 12.9. The average molecular weight is 333 g/mol. The molecule has 104 valence electrons. The molecule has 0 radical (unpaired) electrons. The van der Waals surface area contributed by atoms with Crippen LogP contribution in [-0.2, 0) is 13.0 Å². The molecule has 1 heterocycles. The average Bonchev–Trinajstić information content (AvgIpc) is 2.87. The number of ether oxygens (including phenoxy) is 1. The predicted molar refractivity (Wildman–Crippen MR) is 86.3 cm³/mol. The van der Waals surface area contributed by atoms with Gasteiger partial charge in [0.1, 0.15) is 5.75 Å². The third-order valence-corrected chi connectivity index (χ3v) is 4.01. The smallest absolute Gasteiger partial charge is 0.127 e. The summed E-state index contributed by atoms with van der Waals surface area (Å²) in [5.41, 5.74) is 11.3. The molecule has 1 aliphatic rings. The highest BCUT2D eigenvalue weighted by atomic mass is 79.9. The molecule has 0 atom stereocenters. The molecule has 1 aliphatic heterocycles. The summed E-state index contributed by atoms with van der Waals surface area (Å²) in [7, 11) is 0. The SMILES string of the molecule is Cc1ccc(N)cc1NCc1cc(Br)cc2c1OCC2. The van der Waals surface area contributed by atoms with E-state index in [-0.39, 0.29) is 0 Å². The molecule has 0 unspecified atom stereocenters. The minimum Gasteiger partial charge on any atom is -0.493 e. The van der Waals surface area contributed by atoms with Gasteiger partial charge in [-0.3, -0.25) is 0 Å². The lowest BCUT2D eigenvalue weighted by Gasteiger charge is -2.13. The summed E-state index contributed by atoms with van der Waals surface area (Å²) < 4.78 is 6.84. The van der Waals surface area contributed by atoms with Crippen molar-refractivity contribution in [1.29, 1.82) is 0 Å². The Balaban J connectivity index is 1.84. The third kappa shape index (κ3) is 2.61. The number of nitrogen functional groups attached to an aromatic ring is 1. The van der Waals surface area contributed by atoms with Crippen LogP contribution in [0.25, 0.3) is 0 Å². The molecule has 0 aliphatic carbocycles. The van der Waals surface area contributed by atoms with Gasteiger partial charge in [-0.1, -0.05) is 22.0 Å². The number of hydrogen-bond donors (Lipinski definition) is 2. The van der Waals surface area contributed by atoms with Crippen molar-refractivity contribution in [3.05, 3.63) is 51.5 Å². The van der Waals surface area contributed by atoms with Crippen molar-refractivity contribution in [2.24, 2.45) is 0 Å². The second kappa shape index (κ2) is 5.37. The van der Waals surface area contributed by atoms with Gasteiger partial charge in [-0.25, -0.2) is 0 Å². The maximum absolute atomic E-state index is 5.84. The highest BCUT2D eigenvalue weighted by Crippen LogP contribution is 2.33. The Morgan fingerprint density at radius 3 is 3.00 bits per heavy atom. The molecule has 0 fully saturated rings. The van der Waals surface area contributed by atoms with E-state index in [0.717, 1.165) is 41.2 Å². The van der Waals surface area contributed by atoms with E-state index >= 15 is 0 Å². The lowest BCUT2D eigenvalue weighted by atomic mass is 10.1. The van der Waals surface area contributed by atoms with Crippen LogP contribution in [0.5, 0.6) is 5.75 Å². The number of nitrogens with two attached hydrogens (primary N) is 1. The molecule has 4 heteroatoms. The van der Waals surface area contributed by atoms with Gasteiger partial charge in [0, 0.05) is 34.4 Å². The summed E-state index contributed by atoms with van der Waals surface area (Å²) in [5, 5.41) is 3.45. The highest BCUT2D eigenvalue weighted by molar-refractivity contribution is 9.10. The van der Waals surface area contributed by atoms with Crippen LogP contribution in [0.1, 0.15) is 16.7 Å². The number of nitrogens with one attached hydrogen (secondary N) is 1. The predicted octanol–water partition coefficient (Wildman–Crippen LogP) is 3.89. The molecule has 0 spiro atoms. The van der Waals surface area contributed by atoms with Crippen LogP contribution in [0.3, 0.4) is 0 Å². The number of anilines is 2. The monoisotopic (exact) mass is 332 g/mol. The molecule has 2 aromatic rings. The van der Waals surface area contributed by atoms with Crippen molar-refractivity contribution in [2.45, 2.75) is 19.9 Å². The third-order valence-electron chi connectivity index (χ3n) is 3.56. The van der Waals surface area contributed by atoms with E-state index in [2.05, 4.69) is 40.3 Å². The lowest BCUT2D eigenvalue weighted by molar-refractivity contribution is 0.354. The summed E-state index contributed by atoms with van der Waals surface area (Å²) in [6.07, 6.45) is 0.985. The fraction of sp³-hybridized carbons (Fsp3) is 0.250. The van der Waals surface area contributed by atoms with E-state index in [9.17, 15) is 0 Å². The molecule has 3 nitrogen and oxygen atoms in total. The maximum Gasteiger partial charge on any atom is 0.127 e. The molecular formula is C16H17BrN2O. The standard InChI is InChI=1S/C16H17BrN2O/c1-10-2-3-14(18)8-15(10)19-9-12-7-13(17)6-11-4-5-20-16(11)12/h2-3,6-8,19H,4-5,9,18H2,1H3. The van der Waals surface area contributed by atoms with Crippen LogP contribution in [0.15, 0.2) is 34.8 Å². The fourth-order valence-electron chi connectivity index (χ4n) is 2.50. The Morgan fingerprint density at radius 1 is 1.30 bits per heavy atom. The molecule has 0 saturated heterocycles. The zero-order valence-electron chi connectivity index (χ0n) is 11.4. The van der Waals surface area contributed by atoms with Crippen molar-refractivity contribution < 1.29 is 4.74 Å². The van der Waals surface area contributed by atoms with Crippen molar-refractivity contribution in [3.8, 4) is 5.75 Å². The fourth-order valence-corrected chi connectivity index (χ4v) is 3.05. The first-order valence-corrected chi connectivity index (χ1v) is 7.47. The van der Waals surface area contributed by atoms with Crippen LogP contribution in [0.2, 0.25) is 0 Å². The summed E-state index contributed by atoms with van der Waals surface area (Å²) >= 11 is 3.56. The van der Waals surface area contributed by atoms with Crippen LogP contribution in [0, 0.1) is 6.92 Å². The minimum absolute atomic E-state index is 0.728. The van der Waals surface area contributed by atoms with Crippen molar-refractivity contribution in [3.63, 3.8) is 0 Å². The van der Waals surface area contributed by atoms with Crippen LogP contribution >= 0.6 is 15.9 Å². The Hall–Kier alpha value is -1.68. The first-order chi connectivity index (χ1) is 9.63. The maximum atomic E-state index is 5.84. The van der Waals surface area contributed by atoms with Gasteiger partial charge in [-0.2, -0.15) is 0 Å². The summed E-state index contributed by atoms with van der Waals surface area (Å²) in [5.74, 6) is 1.03. The topological polar surface area (TPSA) is 47.3 Å². The van der Waals surface area contributed by atoms with Crippen LogP contribution in [0.4, 0.5) is 11.4 Å². The van der Waals surface area contributed by atoms with Gasteiger partial charge < -0.3 is 15.8 Å². The van der Waals surface area contributed by atoms with E-state index in [1.165, 1.54) is 16.7 Å². The summed E-state index contributed by atoms with van der Waals surface area (Å²) in [4.78, 5) is 0. The second-order valence-corrected chi connectivity index (χ2v) is 6.00. The van der Waals surface area contributed by atoms with Gasteiger partial charge in [0.25, 0.3) is 0 Å². The highest BCUT2D eigenvalue weighted by Gasteiger charge is 2.17. The Labute approximate surface area is 127 Å². The number of aryl methyl sites for hydroxylation is 1. The largest absolute Gasteiger partial charge is 0.493 e. The Morgan fingerprint density at radius 2 is 2.15 bits per heavy atom. The van der Waals surface area contributed by atoms with E-state index in [1.54, 1.807) is 0 Å². The first kappa shape index (κ1) is 13.3. The summed E-state index contributed by atoms with van der Waals surface area (Å²) in [6.45, 7) is 3.58. The number of halogens is 1. The van der Waals surface area contributed by atoms with Crippen LogP contribution in [-0.4, -0.2) is 6.61 Å². The van der Waals surface area contributed by atoms with Gasteiger partial charge in [-0.15, -0.1) is 0 Å². The zero-order chi connectivity index (χ0) is 14.1. The molecule has 20 heavy (non-hydrogen) atoms. The molecule has 0 bridgehead atoms. The van der Waals surface area contributed by atoms with E-state index < -0.39 is 0 Å². The van der Waals surface area contributed by atoms with Crippen LogP contribution < -0.4 is 15.8 Å². The van der Waals surface area contributed by atoms with Crippen molar-refractivity contribution in [1.82, 2.24) is 0 Å². The van der Waals surface area contributed by atoms with Crippen molar-refractivity contribution in [2.75, 3.05) is 17.7 Å². The number of fused-ring (bicyclic) bond motifs is 1. The Bertz CT molecular complexity index is 655. The van der Waals surface area contributed by atoms with Gasteiger partial charge in [-0.05, 0) is 42.3 Å². The number of rotatable bonds is 3. The number of benzene rings is 2. The van der Waals surface area contributed by atoms with E-state index in [0.29, 0.717) is 0 Å². The Kier molecular flexibility index (Phi) is 3.57. The van der Waals surface area contributed by atoms with Gasteiger partial charge >= 0.3 is 0 Å². The molecule has 0 saturated carbocycles. The molecule has 0 amide bonds. The minimum atomic E-state index is 0.728. The molecule has 3 N–H and O–H groups in total. The van der Waals surface area contributed by atoms with E-state index in [4.69, 9.17) is 10.5 Å². The first-order valence-electron chi connectivity index (χ1n) is 6.67. The second-order valence-electron chi connectivity index (χ2n) is 5.08. The molecule has 2 aromatic carbocycles. The molecule has 0 aromatic heterocycles. The lowest BCUT2D eigenvalue weighted by Crippen LogP contribution is -2.03. The van der Waals surface area contributed by atoms with Crippen molar-refractivity contribution >= 4 is 27.3 Å². The van der Waals surface area contributed by atoms with Gasteiger partial charge in [0.05, 0.1) is 6.61 Å². The quantitative estimate of drug-likeness (QED) is 0.838. The number of hydrogen-bond acceptors (Lipinski definition) is 3. The van der Waals surface area contributed by atoms with Gasteiger partial charge in [0.15, 0.2) is 0 Å². The summed E-state index contributed by atoms with van der Waals surface area (Å²) in [6, 6.07) is 10.2.